The molecule has 1 aromatic carbocycles. The van der Waals surface area contributed by atoms with Crippen molar-refractivity contribution in [2.45, 2.75) is 44.8 Å². The van der Waals surface area contributed by atoms with Gasteiger partial charge in [0.2, 0.25) is 0 Å². The van der Waals surface area contributed by atoms with Crippen molar-refractivity contribution in [2.75, 3.05) is 13.2 Å². The summed E-state index contributed by atoms with van der Waals surface area (Å²) in [5.74, 6) is 0. The Bertz CT molecular complexity index is 573. The third-order valence-corrected chi connectivity index (χ3v) is 4.25. The predicted molar refractivity (Wildman–Crippen MR) is 86.4 cm³/mol. The number of pyridine rings is 1. The van der Waals surface area contributed by atoms with Crippen LogP contribution in [0.5, 0.6) is 0 Å². The van der Waals surface area contributed by atoms with Crippen LogP contribution in [-0.2, 0) is 4.74 Å². The number of aromatic nitrogens is 1. The fourth-order valence-corrected chi connectivity index (χ4v) is 3.19. The Kier molecular flexibility index (Phi) is 4.84. The standard InChI is InChI=1S/C18H24N2O/c1-2-10-20-18(17-8-3-4-12-21-17)16-7-5-6-14-13-19-11-9-15(14)16/h5-7,9,11,13,17-18,20H,2-4,8,10,12H2,1H3. The van der Waals surface area contributed by atoms with Gasteiger partial charge in [-0.1, -0.05) is 25.1 Å². The number of benzene rings is 1. The van der Waals surface area contributed by atoms with Gasteiger partial charge in [-0.05, 0) is 49.2 Å². The van der Waals surface area contributed by atoms with Crippen LogP contribution in [0, 0.1) is 0 Å². The fraction of sp³-hybridized carbons (Fsp3) is 0.500. The lowest BCUT2D eigenvalue weighted by Crippen LogP contribution is -2.36. The molecule has 1 aliphatic rings. The highest BCUT2D eigenvalue weighted by molar-refractivity contribution is 5.85. The number of rotatable bonds is 5. The summed E-state index contributed by atoms with van der Waals surface area (Å²) in [7, 11) is 0. The maximum atomic E-state index is 6.06. The minimum atomic E-state index is 0.274. The summed E-state index contributed by atoms with van der Waals surface area (Å²) < 4.78 is 6.06. The van der Waals surface area contributed by atoms with Crippen molar-refractivity contribution in [3.8, 4) is 0 Å². The zero-order chi connectivity index (χ0) is 14.5. The van der Waals surface area contributed by atoms with E-state index >= 15 is 0 Å². The molecular formula is C18H24N2O. The predicted octanol–water partition coefficient (Wildman–Crippen LogP) is 3.84. The molecule has 0 amide bonds. The summed E-state index contributed by atoms with van der Waals surface area (Å²) in [5, 5.41) is 6.19. The molecule has 1 fully saturated rings. The molecule has 3 nitrogen and oxygen atoms in total. The van der Waals surface area contributed by atoms with Crippen LogP contribution in [0.1, 0.15) is 44.2 Å². The molecule has 0 aliphatic carbocycles. The molecule has 0 spiro atoms. The summed E-state index contributed by atoms with van der Waals surface area (Å²) in [6, 6.07) is 8.88. The Morgan fingerprint density at radius 3 is 3.10 bits per heavy atom. The van der Waals surface area contributed by atoms with Gasteiger partial charge in [0.15, 0.2) is 0 Å². The maximum absolute atomic E-state index is 6.06. The maximum Gasteiger partial charge on any atom is 0.0769 e. The molecule has 1 aliphatic heterocycles. The Balaban J connectivity index is 1.96. The molecule has 0 saturated carbocycles. The molecular weight excluding hydrogens is 260 g/mol. The second-order valence-corrected chi connectivity index (χ2v) is 5.78. The van der Waals surface area contributed by atoms with Crippen molar-refractivity contribution >= 4 is 10.8 Å². The fourth-order valence-electron chi connectivity index (χ4n) is 3.19. The van der Waals surface area contributed by atoms with Crippen molar-refractivity contribution < 1.29 is 4.74 Å². The second kappa shape index (κ2) is 7.01. The van der Waals surface area contributed by atoms with Gasteiger partial charge in [0.05, 0.1) is 12.1 Å². The lowest BCUT2D eigenvalue weighted by molar-refractivity contribution is -0.00785. The first-order valence-electron chi connectivity index (χ1n) is 8.08. The minimum absolute atomic E-state index is 0.274. The quantitative estimate of drug-likeness (QED) is 0.905. The zero-order valence-corrected chi connectivity index (χ0v) is 12.7. The molecule has 2 atom stereocenters. The van der Waals surface area contributed by atoms with Crippen LogP contribution in [0.4, 0.5) is 0 Å². The highest BCUT2D eigenvalue weighted by atomic mass is 16.5. The van der Waals surface area contributed by atoms with Crippen LogP contribution >= 0.6 is 0 Å². The van der Waals surface area contributed by atoms with Gasteiger partial charge in [-0.2, -0.15) is 0 Å². The molecule has 3 rings (SSSR count). The molecule has 2 unspecified atom stereocenters. The van der Waals surface area contributed by atoms with Crippen molar-refractivity contribution in [1.29, 1.82) is 0 Å². The summed E-state index contributed by atoms with van der Waals surface area (Å²) in [4.78, 5) is 4.24. The van der Waals surface area contributed by atoms with Gasteiger partial charge in [-0.25, -0.2) is 0 Å². The topological polar surface area (TPSA) is 34.2 Å². The Hall–Kier alpha value is -1.45. The molecule has 1 aromatic heterocycles. The van der Waals surface area contributed by atoms with E-state index in [4.69, 9.17) is 4.74 Å². The molecule has 0 radical (unpaired) electrons. The molecule has 2 aromatic rings. The van der Waals surface area contributed by atoms with Crippen LogP contribution < -0.4 is 5.32 Å². The third kappa shape index (κ3) is 3.25. The van der Waals surface area contributed by atoms with E-state index in [0.29, 0.717) is 0 Å². The Labute approximate surface area is 126 Å². The van der Waals surface area contributed by atoms with Gasteiger partial charge in [0.25, 0.3) is 0 Å². The first-order chi connectivity index (χ1) is 10.4. The second-order valence-electron chi connectivity index (χ2n) is 5.78. The van der Waals surface area contributed by atoms with Gasteiger partial charge in [0.1, 0.15) is 0 Å². The number of ether oxygens (including phenoxy) is 1. The summed E-state index contributed by atoms with van der Waals surface area (Å²) in [5.41, 5.74) is 1.34. The van der Waals surface area contributed by atoms with Gasteiger partial charge in [-0.15, -0.1) is 0 Å². The number of hydrogen-bond acceptors (Lipinski definition) is 3. The summed E-state index contributed by atoms with van der Waals surface area (Å²) in [6.07, 6.45) is 8.84. The van der Waals surface area contributed by atoms with Gasteiger partial charge in [-0.3, -0.25) is 4.98 Å². The lowest BCUT2D eigenvalue weighted by Gasteiger charge is -2.32. The van der Waals surface area contributed by atoms with Crippen molar-refractivity contribution in [3.05, 3.63) is 42.2 Å². The normalized spacial score (nSPS) is 20.5. The number of hydrogen-bond donors (Lipinski definition) is 1. The highest BCUT2D eigenvalue weighted by Gasteiger charge is 2.26. The van der Waals surface area contributed by atoms with Crippen LogP contribution in [-0.4, -0.2) is 24.2 Å². The van der Waals surface area contributed by atoms with Crippen LogP contribution in [0.2, 0.25) is 0 Å². The van der Waals surface area contributed by atoms with E-state index in [1.165, 1.54) is 29.2 Å². The van der Waals surface area contributed by atoms with E-state index in [1.807, 2.05) is 12.4 Å². The first kappa shape index (κ1) is 14.5. The zero-order valence-electron chi connectivity index (χ0n) is 12.7. The van der Waals surface area contributed by atoms with Crippen molar-refractivity contribution in [3.63, 3.8) is 0 Å². The van der Waals surface area contributed by atoms with Crippen LogP contribution in [0.15, 0.2) is 36.7 Å². The van der Waals surface area contributed by atoms with Gasteiger partial charge >= 0.3 is 0 Å². The van der Waals surface area contributed by atoms with Crippen molar-refractivity contribution in [2.24, 2.45) is 0 Å². The smallest absolute Gasteiger partial charge is 0.0769 e. The van der Waals surface area contributed by atoms with E-state index < -0.39 is 0 Å². The largest absolute Gasteiger partial charge is 0.376 e. The average Bonchev–Trinajstić information content (AvgIpc) is 2.56. The molecule has 1 N–H and O–H groups in total. The van der Waals surface area contributed by atoms with Crippen LogP contribution in [0.3, 0.4) is 0 Å². The molecule has 3 heteroatoms. The monoisotopic (exact) mass is 284 g/mol. The molecule has 112 valence electrons. The van der Waals surface area contributed by atoms with E-state index in [-0.39, 0.29) is 12.1 Å². The molecule has 21 heavy (non-hydrogen) atoms. The SMILES string of the molecule is CCCNC(c1cccc2cnccc12)C1CCCCO1. The number of nitrogens with one attached hydrogen (secondary N) is 1. The molecule has 1 saturated heterocycles. The number of fused-ring (bicyclic) bond motifs is 1. The van der Waals surface area contributed by atoms with Gasteiger partial charge in [0, 0.05) is 24.4 Å². The van der Waals surface area contributed by atoms with E-state index in [2.05, 4.69) is 41.5 Å². The third-order valence-electron chi connectivity index (χ3n) is 4.25. The minimum Gasteiger partial charge on any atom is -0.376 e. The summed E-state index contributed by atoms with van der Waals surface area (Å²) >= 11 is 0. The van der Waals surface area contributed by atoms with E-state index in [0.717, 1.165) is 26.0 Å². The Morgan fingerprint density at radius 1 is 1.33 bits per heavy atom. The lowest BCUT2D eigenvalue weighted by atomic mass is 9.92. The molecule has 0 bridgehead atoms. The summed E-state index contributed by atoms with van der Waals surface area (Å²) in [6.45, 7) is 4.12. The Morgan fingerprint density at radius 2 is 2.29 bits per heavy atom. The number of nitrogens with zero attached hydrogens (tertiary/aromatic N) is 1. The first-order valence-corrected chi connectivity index (χ1v) is 8.08. The van der Waals surface area contributed by atoms with E-state index in [1.54, 1.807) is 0 Å². The van der Waals surface area contributed by atoms with E-state index in [9.17, 15) is 0 Å². The van der Waals surface area contributed by atoms with Crippen LogP contribution in [0.25, 0.3) is 10.8 Å². The average molecular weight is 284 g/mol. The van der Waals surface area contributed by atoms with Gasteiger partial charge < -0.3 is 10.1 Å². The van der Waals surface area contributed by atoms with Crippen molar-refractivity contribution in [1.82, 2.24) is 10.3 Å². The molecule has 2 heterocycles. The highest BCUT2D eigenvalue weighted by Crippen LogP contribution is 2.31.